The Kier molecular flexibility index (Phi) is 6.02. The number of allylic oxidation sites excluding steroid dienone is 2. The number of carbonyl (C=O) groups excluding carboxylic acids is 3. The molecule has 4 atom stereocenters. The molecule has 1 fully saturated rings. The summed E-state index contributed by atoms with van der Waals surface area (Å²) in [5.41, 5.74) is 6.43. The highest BCUT2D eigenvalue weighted by atomic mass is 16.4. The van der Waals surface area contributed by atoms with E-state index in [0.29, 0.717) is 12.1 Å². The summed E-state index contributed by atoms with van der Waals surface area (Å²) in [6.45, 7) is 0. The van der Waals surface area contributed by atoms with Gasteiger partial charge >= 0.3 is 5.97 Å². The molecular weight excluding hydrogens is 410 g/mol. The van der Waals surface area contributed by atoms with E-state index in [-0.39, 0.29) is 29.7 Å². The second-order valence-corrected chi connectivity index (χ2v) is 8.07. The third kappa shape index (κ3) is 4.54. The number of aliphatic carboxylic acids is 1. The Bertz CT molecular complexity index is 1060. The topological polar surface area (TPSA) is 125 Å². The Balaban J connectivity index is 1.29. The molecule has 0 spiro atoms. The first-order valence-corrected chi connectivity index (χ1v) is 10.4. The normalized spacial score (nSPS) is 22.9. The molecule has 2 aromatic carbocycles. The number of rotatable bonds is 6. The Morgan fingerprint density at radius 2 is 1.50 bits per heavy atom. The molecule has 2 aromatic rings. The molecule has 0 aliphatic heterocycles. The number of anilines is 1. The monoisotopic (exact) mass is 433 g/mol. The van der Waals surface area contributed by atoms with E-state index in [1.165, 1.54) is 12.1 Å². The number of hydrogen-bond donors (Lipinski definition) is 4. The predicted octanol–water partition coefficient (Wildman–Crippen LogP) is 2.15. The largest absolute Gasteiger partial charge is 0.481 e. The third-order valence-electron chi connectivity index (χ3n) is 5.98. The molecule has 0 unspecified atom stereocenters. The van der Waals surface area contributed by atoms with E-state index in [0.717, 1.165) is 5.56 Å². The molecule has 1 saturated carbocycles. The molecule has 164 valence electrons. The molecule has 4 N–H and O–H groups in total. The van der Waals surface area contributed by atoms with Gasteiger partial charge < -0.3 is 10.4 Å². The summed E-state index contributed by atoms with van der Waals surface area (Å²) in [6.07, 6.45) is 4.61. The summed E-state index contributed by atoms with van der Waals surface area (Å²) < 4.78 is 0. The average molecular weight is 433 g/mol. The predicted molar refractivity (Wildman–Crippen MR) is 116 cm³/mol. The number of nitrogens with one attached hydrogen (secondary N) is 3. The molecule has 8 nitrogen and oxygen atoms in total. The van der Waals surface area contributed by atoms with Crippen molar-refractivity contribution in [1.82, 2.24) is 10.9 Å². The fourth-order valence-electron chi connectivity index (χ4n) is 4.48. The van der Waals surface area contributed by atoms with Crippen LogP contribution in [-0.2, 0) is 20.8 Å². The van der Waals surface area contributed by atoms with Crippen molar-refractivity contribution in [1.29, 1.82) is 0 Å². The van der Waals surface area contributed by atoms with E-state index < -0.39 is 29.6 Å². The van der Waals surface area contributed by atoms with E-state index in [4.69, 9.17) is 0 Å². The number of amides is 3. The first-order chi connectivity index (χ1) is 15.4. The minimum atomic E-state index is -1.00. The zero-order chi connectivity index (χ0) is 22.7. The van der Waals surface area contributed by atoms with Crippen molar-refractivity contribution < 1.29 is 24.3 Å². The van der Waals surface area contributed by atoms with E-state index >= 15 is 0 Å². The lowest BCUT2D eigenvalue weighted by Gasteiger charge is -2.23. The number of hydrazine groups is 1. The Morgan fingerprint density at radius 3 is 2.16 bits per heavy atom. The van der Waals surface area contributed by atoms with Gasteiger partial charge in [-0.15, -0.1) is 0 Å². The van der Waals surface area contributed by atoms with Gasteiger partial charge in [-0.2, -0.15) is 0 Å². The highest BCUT2D eigenvalue weighted by molar-refractivity contribution is 5.97. The molecule has 3 amide bonds. The Labute approximate surface area is 184 Å². The molecule has 0 aromatic heterocycles. The minimum Gasteiger partial charge on any atom is -0.481 e. The van der Waals surface area contributed by atoms with Crippen LogP contribution in [0.25, 0.3) is 0 Å². The van der Waals surface area contributed by atoms with E-state index in [1.54, 1.807) is 12.1 Å². The zero-order valence-electron chi connectivity index (χ0n) is 17.2. The standard InChI is InChI=1S/C24H23N3O5/c28-19(12-14-4-2-1-3-5-14)25-18-10-8-15(9-11-18)22(29)26-27-23(30)20-16-6-7-17(13-16)21(20)24(31)32/h1-11,16-17,20-21H,12-13H2,(H,25,28)(H,26,29)(H,27,30)(H,31,32)/t16-,17-,20-,21-/m0/s1. The van der Waals surface area contributed by atoms with Crippen LogP contribution in [0.3, 0.4) is 0 Å². The van der Waals surface area contributed by atoms with Crippen molar-refractivity contribution in [3.63, 3.8) is 0 Å². The smallest absolute Gasteiger partial charge is 0.307 e. The Morgan fingerprint density at radius 1 is 0.844 bits per heavy atom. The van der Waals surface area contributed by atoms with Crippen molar-refractivity contribution in [2.45, 2.75) is 12.8 Å². The van der Waals surface area contributed by atoms with Gasteiger partial charge in [-0.05, 0) is 48.1 Å². The lowest BCUT2D eigenvalue weighted by Crippen LogP contribution is -2.48. The van der Waals surface area contributed by atoms with Crippen LogP contribution in [-0.4, -0.2) is 28.8 Å². The number of hydrogen-bond acceptors (Lipinski definition) is 4. The van der Waals surface area contributed by atoms with Crippen LogP contribution in [0.2, 0.25) is 0 Å². The van der Waals surface area contributed by atoms with Crippen molar-refractivity contribution >= 4 is 29.4 Å². The summed E-state index contributed by atoms with van der Waals surface area (Å²) in [4.78, 5) is 48.6. The average Bonchev–Trinajstić information content (AvgIpc) is 3.40. The first kappa shape index (κ1) is 21.3. The van der Waals surface area contributed by atoms with Crippen LogP contribution in [0.1, 0.15) is 22.3 Å². The summed E-state index contributed by atoms with van der Waals surface area (Å²) in [7, 11) is 0. The van der Waals surface area contributed by atoms with E-state index in [2.05, 4.69) is 16.2 Å². The van der Waals surface area contributed by atoms with Crippen LogP contribution in [0.4, 0.5) is 5.69 Å². The second kappa shape index (κ2) is 9.05. The van der Waals surface area contributed by atoms with Gasteiger partial charge in [0, 0.05) is 11.3 Å². The summed E-state index contributed by atoms with van der Waals surface area (Å²) >= 11 is 0. The van der Waals surface area contributed by atoms with Gasteiger partial charge in [0.15, 0.2) is 0 Å². The lowest BCUT2D eigenvalue weighted by molar-refractivity contribution is -0.148. The lowest BCUT2D eigenvalue weighted by atomic mass is 9.82. The second-order valence-electron chi connectivity index (χ2n) is 8.07. The van der Waals surface area contributed by atoms with Crippen molar-refractivity contribution in [2.75, 3.05) is 5.32 Å². The minimum absolute atomic E-state index is 0.128. The third-order valence-corrected chi connectivity index (χ3v) is 5.98. The number of fused-ring (bicyclic) bond motifs is 2. The maximum Gasteiger partial charge on any atom is 0.307 e. The molecule has 8 heteroatoms. The van der Waals surface area contributed by atoms with Crippen LogP contribution < -0.4 is 16.2 Å². The van der Waals surface area contributed by atoms with E-state index in [1.807, 2.05) is 42.5 Å². The molecular formula is C24H23N3O5. The summed E-state index contributed by atoms with van der Waals surface area (Å²) in [5.74, 6) is -3.97. The molecule has 32 heavy (non-hydrogen) atoms. The van der Waals surface area contributed by atoms with Gasteiger partial charge in [0.1, 0.15) is 0 Å². The van der Waals surface area contributed by atoms with Gasteiger partial charge in [0.25, 0.3) is 5.91 Å². The van der Waals surface area contributed by atoms with Crippen molar-refractivity contribution in [3.8, 4) is 0 Å². The van der Waals surface area contributed by atoms with Gasteiger partial charge in [-0.3, -0.25) is 30.0 Å². The molecule has 2 aliphatic carbocycles. The molecule has 4 rings (SSSR count). The first-order valence-electron chi connectivity index (χ1n) is 10.4. The fraction of sp³-hybridized carbons (Fsp3) is 0.250. The fourth-order valence-corrected chi connectivity index (χ4v) is 4.48. The summed E-state index contributed by atoms with van der Waals surface area (Å²) in [5, 5.41) is 12.2. The Hall–Kier alpha value is -3.94. The van der Waals surface area contributed by atoms with Gasteiger partial charge in [-0.1, -0.05) is 42.5 Å². The number of carboxylic acid groups (broad SMARTS) is 1. The molecule has 2 aliphatic rings. The molecule has 0 saturated heterocycles. The summed E-state index contributed by atoms with van der Waals surface area (Å²) in [6, 6.07) is 15.6. The van der Waals surface area contributed by atoms with Crippen molar-refractivity contribution in [2.24, 2.45) is 23.7 Å². The quantitative estimate of drug-likeness (QED) is 0.410. The van der Waals surface area contributed by atoms with Gasteiger partial charge in [0.2, 0.25) is 11.8 Å². The van der Waals surface area contributed by atoms with Crippen LogP contribution >= 0.6 is 0 Å². The molecule has 0 radical (unpaired) electrons. The zero-order valence-corrected chi connectivity index (χ0v) is 17.2. The number of benzene rings is 2. The molecule has 0 heterocycles. The number of carbonyl (C=O) groups is 4. The van der Waals surface area contributed by atoms with E-state index in [9.17, 15) is 24.3 Å². The van der Waals surface area contributed by atoms with Gasteiger partial charge in [-0.25, -0.2) is 0 Å². The van der Waals surface area contributed by atoms with Crippen molar-refractivity contribution in [3.05, 3.63) is 77.9 Å². The highest BCUT2D eigenvalue weighted by Gasteiger charge is 2.51. The SMILES string of the molecule is O=C(Cc1ccccc1)Nc1ccc(C(=O)NNC(=O)[C@@H]2[C@@H](C(=O)O)[C@H]3C=C[C@H]2C3)cc1. The van der Waals surface area contributed by atoms with Crippen LogP contribution in [0, 0.1) is 23.7 Å². The highest BCUT2D eigenvalue weighted by Crippen LogP contribution is 2.48. The van der Waals surface area contributed by atoms with Crippen LogP contribution in [0.5, 0.6) is 0 Å². The maximum atomic E-state index is 12.5. The van der Waals surface area contributed by atoms with Crippen LogP contribution in [0.15, 0.2) is 66.7 Å². The number of carboxylic acids is 1. The molecule has 2 bridgehead atoms. The maximum absolute atomic E-state index is 12.5. The van der Waals surface area contributed by atoms with Gasteiger partial charge in [0.05, 0.1) is 18.3 Å².